The van der Waals surface area contributed by atoms with E-state index in [1.54, 1.807) is 18.3 Å². The lowest BCUT2D eigenvalue weighted by Gasteiger charge is -2.32. The first-order chi connectivity index (χ1) is 8.70. The molecule has 1 N–H and O–H groups in total. The summed E-state index contributed by atoms with van der Waals surface area (Å²) < 4.78 is 0. The van der Waals surface area contributed by atoms with E-state index in [4.69, 9.17) is 5.11 Å². The van der Waals surface area contributed by atoms with Crippen molar-refractivity contribution < 1.29 is 9.90 Å². The maximum atomic E-state index is 11.1. The summed E-state index contributed by atoms with van der Waals surface area (Å²) in [4.78, 5) is 17.7. The minimum absolute atomic E-state index is 0.330. The Morgan fingerprint density at radius 3 is 3.17 bits per heavy atom. The van der Waals surface area contributed by atoms with Crippen LogP contribution in [-0.2, 0) is 6.54 Å². The molecule has 0 aromatic carbocycles. The predicted octanol–water partition coefficient (Wildman–Crippen LogP) is 2.40. The van der Waals surface area contributed by atoms with Crippen LogP contribution in [0.15, 0.2) is 18.3 Å². The molecule has 0 aliphatic carbocycles. The number of rotatable bonds is 4. The molecule has 1 aliphatic heterocycles. The number of carboxylic acids is 1. The van der Waals surface area contributed by atoms with Crippen LogP contribution in [0.1, 0.15) is 42.2 Å². The molecule has 0 saturated carbocycles. The number of hydrogen-bond acceptors (Lipinski definition) is 3. The summed E-state index contributed by atoms with van der Waals surface area (Å²) in [6.07, 6.45) is 5.36. The van der Waals surface area contributed by atoms with Gasteiger partial charge in [-0.2, -0.15) is 0 Å². The summed E-state index contributed by atoms with van der Waals surface area (Å²) in [6.45, 7) is 4.98. The van der Waals surface area contributed by atoms with Crippen LogP contribution >= 0.6 is 0 Å². The number of carboxylic acid groups (broad SMARTS) is 1. The zero-order valence-electron chi connectivity index (χ0n) is 10.8. The molecule has 18 heavy (non-hydrogen) atoms. The van der Waals surface area contributed by atoms with Gasteiger partial charge in [-0.25, -0.2) is 4.79 Å². The third kappa shape index (κ3) is 3.07. The van der Waals surface area contributed by atoms with Crippen molar-refractivity contribution in [2.45, 2.75) is 32.7 Å². The minimum Gasteiger partial charge on any atom is -0.478 e. The number of nitrogens with zero attached hydrogens (tertiary/aromatic N) is 2. The summed E-state index contributed by atoms with van der Waals surface area (Å²) >= 11 is 0. The summed E-state index contributed by atoms with van der Waals surface area (Å²) in [5.41, 5.74) is 1.01. The van der Waals surface area contributed by atoms with E-state index in [0.717, 1.165) is 19.0 Å². The van der Waals surface area contributed by atoms with E-state index in [-0.39, 0.29) is 0 Å². The van der Waals surface area contributed by atoms with Gasteiger partial charge in [-0.05, 0) is 37.4 Å². The maximum absolute atomic E-state index is 11.1. The first kappa shape index (κ1) is 13.0. The number of carbonyl (C=O) groups is 1. The molecule has 0 radical (unpaired) electrons. The fourth-order valence-electron chi connectivity index (χ4n) is 2.60. The van der Waals surface area contributed by atoms with Gasteiger partial charge in [-0.1, -0.05) is 13.3 Å². The Kier molecular flexibility index (Phi) is 4.31. The lowest BCUT2D eigenvalue weighted by molar-refractivity contribution is 0.0692. The zero-order valence-corrected chi connectivity index (χ0v) is 10.8. The number of piperidine rings is 1. The number of pyridine rings is 1. The largest absolute Gasteiger partial charge is 0.478 e. The minimum atomic E-state index is -0.887. The molecule has 0 amide bonds. The van der Waals surface area contributed by atoms with Crippen LogP contribution in [0, 0.1) is 5.92 Å². The highest BCUT2D eigenvalue weighted by Gasteiger charge is 2.20. The van der Waals surface area contributed by atoms with Crippen molar-refractivity contribution >= 4 is 5.97 Å². The molecule has 1 unspecified atom stereocenters. The molecule has 0 spiro atoms. The molecule has 0 bridgehead atoms. The van der Waals surface area contributed by atoms with Gasteiger partial charge in [0, 0.05) is 19.3 Å². The quantitative estimate of drug-likeness (QED) is 0.889. The van der Waals surface area contributed by atoms with Gasteiger partial charge in [0.15, 0.2) is 0 Å². The lowest BCUT2D eigenvalue weighted by Crippen LogP contribution is -2.35. The maximum Gasteiger partial charge on any atom is 0.337 e. The van der Waals surface area contributed by atoms with Crippen molar-refractivity contribution in [3.05, 3.63) is 29.6 Å². The van der Waals surface area contributed by atoms with Crippen LogP contribution in [0.5, 0.6) is 0 Å². The highest BCUT2D eigenvalue weighted by atomic mass is 16.4. The van der Waals surface area contributed by atoms with Crippen LogP contribution in [0.2, 0.25) is 0 Å². The van der Waals surface area contributed by atoms with Gasteiger partial charge in [0.05, 0.1) is 11.3 Å². The third-order valence-corrected chi connectivity index (χ3v) is 3.67. The van der Waals surface area contributed by atoms with Gasteiger partial charge in [0.25, 0.3) is 0 Å². The van der Waals surface area contributed by atoms with Gasteiger partial charge in [0.1, 0.15) is 0 Å². The van der Waals surface area contributed by atoms with Crippen molar-refractivity contribution in [1.29, 1.82) is 0 Å². The molecule has 1 aromatic heterocycles. The number of aromatic nitrogens is 1. The number of hydrogen-bond donors (Lipinski definition) is 1. The van der Waals surface area contributed by atoms with Crippen LogP contribution < -0.4 is 0 Å². The number of likely N-dealkylation sites (tertiary alicyclic amines) is 1. The summed E-state index contributed by atoms with van der Waals surface area (Å²) in [6, 6.07) is 3.31. The molecular weight excluding hydrogens is 228 g/mol. The average molecular weight is 248 g/mol. The van der Waals surface area contributed by atoms with E-state index in [1.807, 2.05) is 0 Å². The lowest BCUT2D eigenvalue weighted by atomic mass is 9.95. The molecule has 1 aromatic rings. The fourth-order valence-corrected chi connectivity index (χ4v) is 2.60. The second-order valence-electron chi connectivity index (χ2n) is 4.95. The van der Waals surface area contributed by atoms with Crippen molar-refractivity contribution in [3.63, 3.8) is 0 Å². The van der Waals surface area contributed by atoms with Crippen molar-refractivity contribution in [3.8, 4) is 0 Å². The topological polar surface area (TPSA) is 53.4 Å². The second kappa shape index (κ2) is 5.96. The normalized spacial score (nSPS) is 20.8. The molecule has 1 saturated heterocycles. The van der Waals surface area contributed by atoms with Crippen molar-refractivity contribution in [2.24, 2.45) is 5.92 Å². The smallest absolute Gasteiger partial charge is 0.337 e. The Bertz CT molecular complexity index is 420. The summed E-state index contributed by atoms with van der Waals surface area (Å²) in [7, 11) is 0. The van der Waals surface area contributed by atoms with Gasteiger partial charge < -0.3 is 5.11 Å². The molecule has 4 nitrogen and oxygen atoms in total. The molecule has 4 heteroatoms. The number of aromatic carboxylic acids is 1. The van der Waals surface area contributed by atoms with E-state index >= 15 is 0 Å². The monoisotopic (exact) mass is 248 g/mol. The molecule has 1 atom stereocenters. The van der Waals surface area contributed by atoms with E-state index in [1.165, 1.54) is 19.3 Å². The van der Waals surface area contributed by atoms with Crippen LogP contribution in [0.3, 0.4) is 0 Å². The standard InChI is InChI=1S/C14H20N2O2/c1-2-11-5-4-8-16(9-11)10-13-12(14(17)18)6-3-7-15-13/h3,6-7,11H,2,4-5,8-10H2,1H3,(H,17,18). The molecule has 1 fully saturated rings. The highest BCUT2D eigenvalue weighted by molar-refractivity contribution is 5.88. The van der Waals surface area contributed by atoms with Gasteiger partial charge in [-0.3, -0.25) is 9.88 Å². The molecule has 2 rings (SSSR count). The van der Waals surface area contributed by atoms with Crippen LogP contribution in [0.4, 0.5) is 0 Å². The Labute approximate surface area is 108 Å². The van der Waals surface area contributed by atoms with Crippen molar-refractivity contribution in [2.75, 3.05) is 13.1 Å². The molecule has 1 aliphatic rings. The van der Waals surface area contributed by atoms with E-state index < -0.39 is 5.97 Å². The van der Waals surface area contributed by atoms with Crippen LogP contribution in [0.25, 0.3) is 0 Å². The third-order valence-electron chi connectivity index (χ3n) is 3.67. The van der Waals surface area contributed by atoms with E-state index in [9.17, 15) is 4.79 Å². The SMILES string of the molecule is CCC1CCCN(Cc2ncccc2C(=O)O)C1. The summed E-state index contributed by atoms with van der Waals surface area (Å²) in [5, 5.41) is 9.13. The summed E-state index contributed by atoms with van der Waals surface area (Å²) in [5.74, 6) is -0.141. The van der Waals surface area contributed by atoms with Gasteiger partial charge in [0.2, 0.25) is 0 Å². The highest BCUT2D eigenvalue weighted by Crippen LogP contribution is 2.21. The Morgan fingerprint density at radius 1 is 1.61 bits per heavy atom. The Balaban J connectivity index is 2.07. The Hall–Kier alpha value is -1.42. The molecule has 2 heterocycles. The van der Waals surface area contributed by atoms with Crippen molar-refractivity contribution in [1.82, 2.24) is 9.88 Å². The molecule has 98 valence electrons. The molecular formula is C14H20N2O2. The van der Waals surface area contributed by atoms with E-state index in [2.05, 4.69) is 16.8 Å². The van der Waals surface area contributed by atoms with Crippen LogP contribution in [-0.4, -0.2) is 34.0 Å². The van der Waals surface area contributed by atoms with E-state index in [0.29, 0.717) is 17.8 Å². The Morgan fingerprint density at radius 2 is 2.44 bits per heavy atom. The second-order valence-corrected chi connectivity index (χ2v) is 4.95. The van der Waals surface area contributed by atoms with Gasteiger partial charge >= 0.3 is 5.97 Å². The van der Waals surface area contributed by atoms with Gasteiger partial charge in [-0.15, -0.1) is 0 Å². The fraction of sp³-hybridized carbons (Fsp3) is 0.571. The average Bonchev–Trinajstić information content (AvgIpc) is 2.39. The zero-order chi connectivity index (χ0) is 13.0. The first-order valence-electron chi connectivity index (χ1n) is 6.60. The predicted molar refractivity (Wildman–Crippen MR) is 69.5 cm³/mol. The first-order valence-corrected chi connectivity index (χ1v) is 6.60.